The number of benzene rings is 2. The number of allylic oxidation sites excluding steroid dienone is 1. The van der Waals surface area contributed by atoms with Gasteiger partial charge in [-0.2, -0.15) is 0 Å². The van der Waals surface area contributed by atoms with Crippen LogP contribution < -0.4 is 11.1 Å². The van der Waals surface area contributed by atoms with Crippen molar-refractivity contribution < 1.29 is 24.2 Å². The molecule has 2 heterocycles. The number of aliphatic hydroxyl groups is 1. The first-order valence-corrected chi connectivity index (χ1v) is 11.4. The maximum absolute atomic E-state index is 13.1. The Morgan fingerprint density at radius 3 is 2.71 bits per heavy atom. The number of carbonyl (C=O) groups excluding carboxylic acids is 2. The van der Waals surface area contributed by atoms with E-state index in [-0.39, 0.29) is 24.2 Å². The smallest absolute Gasteiger partial charge is 0.290 e. The SMILES string of the molecule is CC(=O)n1cc(C2C=C(C(=O)Nc3ccccc3N)OC(OCCCCO)C2)c2ccccc21. The lowest BCUT2D eigenvalue weighted by atomic mass is 9.92. The standard InChI is InChI=1S/C26H29N3O5/c1-17(31)29-16-20(19-8-2-5-11-23(19)29)18-14-24(34-25(15-18)33-13-7-6-12-30)26(32)28-22-10-4-3-9-21(22)27/h2-5,8-11,14,16,18,25,30H,6-7,12-13,15,27H2,1H3,(H,28,32). The number of hydrogen-bond donors (Lipinski definition) is 3. The minimum absolute atomic E-state index is 0.0900. The summed E-state index contributed by atoms with van der Waals surface area (Å²) >= 11 is 0. The summed E-state index contributed by atoms with van der Waals surface area (Å²) in [6.07, 6.45) is 4.73. The van der Waals surface area contributed by atoms with Crippen LogP contribution in [0.2, 0.25) is 0 Å². The molecule has 8 nitrogen and oxygen atoms in total. The fourth-order valence-corrected chi connectivity index (χ4v) is 4.12. The molecule has 0 aliphatic carbocycles. The Morgan fingerprint density at radius 1 is 1.18 bits per heavy atom. The van der Waals surface area contributed by atoms with Gasteiger partial charge in [0, 0.05) is 37.5 Å². The molecule has 4 N–H and O–H groups in total. The van der Waals surface area contributed by atoms with Gasteiger partial charge in [0.2, 0.25) is 12.2 Å². The highest BCUT2D eigenvalue weighted by Gasteiger charge is 2.31. The second-order valence-corrected chi connectivity index (χ2v) is 8.25. The van der Waals surface area contributed by atoms with E-state index in [9.17, 15) is 9.59 Å². The van der Waals surface area contributed by atoms with Gasteiger partial charge in [-0.15, -0.1) is 0 Å². The molecule has 178 valence electrons. The van der Waals surface area contributed by atoms with Crippen LogP contribution in [0.15, 0.2) is 66.6 Å². The van der Waals surface area contributed by atoms with E-state index in [2.05, 4.69) is 5.32 Å². The maximum Gasteiger partial charge on any atom is 0.290 e. The van der Waals surface area contributed by atoms with E-state index in [1.807, 2.05) is 30.5 Å². The van der Waals surface area contributed by atoms with E-state index >= 15 is 0 Å². The lowest BCUT2D eigenvalue weighted by Gasteiger charge is -2.29. The third-order valence-corrected chi connectivity index (χ3v) is 5.83. The van der Waals surface area contributed by atoms with Gasteiger partial charge in [0.15, 0.2) is 5.76 Å². The average Bonchev–Trinajstić information content (AvgIpc) is 3.23. The average molecular weight is 464 g/mol. The second-order valence-electron chi connectivity index (χ2n) is 8.25. The fraction of sp³-hybridized carbons (Fsp3) is 0.308. The number of rotatable bonds is 8. The van der Waals surface area contributed by atoms with Crippen molar-refractivity contribution in [2.75, 3.05) is 24.3 Å². The third kappa shape index (κ3) is 5.13. The molecule has 1 aromatic heterocycles. The van der Waals surface area contributed by atoms with Gasteiger partial charge in [-0.1, -0.05) is 30.3 Å². The minimum atomic E-state index is -0.651. The van der Waals surface area contributed by atoms with Crippen LogP contribution in [0.4, 0.5) is 11.4 Å². The van der Waals surface area contributed by atoms with Gasteiger partial charge in [0.05, 0.1) is 23.5 Å². The number of nitrogens with two attached hydrogens (primary N) is 1. The molecular weight excluding hydrogens is 434 g/mol. The lowest BCUT2D eigenvalue weighted by Crippen LogP contribution is -2.29. The first kappa shape index (κ1) is 23.5. The number of fused-ring (bicyclic) bond motifs is 1. The zero-order chi connectivity index (χ0) is 24.1. The normalized spacial score (nSPS) is 17.8. The van der Waals surface area contributed by atoms with E-state index in [1.54, 1.807) is 34.9 Å². The number of anilines is 2. The Balaban J connectivity index is 1.66. The molecular formula is C26H29N3O5. The van der Waals surface area contributed by atoms with Crippen LogP contribution in [0.5, 0.6) is 0 Å². The molecule has 8 heteroatoms. The number of ether oxygens (including phenoxy) is 2. The van der Waals surface area contributed by atoms with Crippen molar-refractivity contribution in [1.29, 1.82) is 0 Å². The van der Waals surface area contributed by atoms with Crippen LogP contribution >= 0.6 is 0 Å². The topological polar surface area (TPSA) is 116 Å². The Kier molecular flexibility index (Phi) is 7.30. The largest absolute Gasteiger partial charge is 0.459 e. The van der Waals surface area contributed by atoms with E-state index in [0.29, 0.717) is 37.2 Å². The molecule has 0 spiro atoms. The molecule has 2 atom stereocenters. The number of amides is 1. The molecule has 0 fully saturated rings. The van der Waals surface area contributed by atoms with Gasteiger partial charge < -0.3 is 25.6 Å². The van der Waals surface area contributed by atoms with Crippen LogP contribution in [0.25, 0.3) is 10.9 Å². The number of hydrogen-bond acceptors (Lipinski definition) is 6. The zero-order valence-electron chi connectivity index (χ0n) is 19.1. The van der Waals surface area contributed by atoms with Gasteiger partial charge in [-0.25, -0.2) is 0 Å². The summed E-state index contributed by atoms with van der Waals surface area (Å²) in [5.74, 6) is -0.600. The monoisotopic (exact) mass is 463 g/mol. The molecule has 2 unspecified atom stereocenters. The number of unbranched alkanes of at least 4 members (excludes halogenated alkanes) is 1. The molecule has 4 rings (SSSR count). The predicted octanol–water partition coefficient (Wildman–Crippen LogP) is 4.03. The molecule has 0 saturated carbocycles. The summed E-state index contributed by atoms with van der Waals surface area (Å²) in [4.78, 5) is 25.3. The zero-order valence-corrected chi connectivity index (χ0v) is 19.1. The van der Waals surface area contributed by atoms with Gasteiger partial charge in [-0.05, 0) is 42.7 Å². The van der Waals surface area contributed by atoms with E-state index in [4.69, 9.17) is 20.3 Å². The van der Waals surface area contributed by atoms with Crippen LogP contribution in [0, 0.1) is 0 Å². The van der Waals surface area contributed by atoms with E-state index in [1.165, 1.54) is 6.92 Å². The summed E-state index contributed by atoms with van der Waals surface area (Å²) in [7, 11) is 0. The van der Waals surface area contributed by atoms with Crippen molar-refractivity contribution in [3.8, 4) is 0 Å². The molecule has 3 aromatic rings. The number of aromatic nitrogens is 1. The van der Waals surface area contributed by atoms with E-state index < -0.39 is 12.2 Å². The van der Waals surface area contributed by atoms with Crippen molar-refractivity contribution in [1.82, 2.24) is 4.57 Å². The number of para-hydroxylation sites is 3. The fourth-order valence-electron chi connectivity index (χ4n) is 4.12. The third-order valence-electron chi connectivity index (χ3n) is 5.83. The van der Waals surface area contributed by atoms with Crippen molar-refractivity contribution in [2.45, 2.75) is 38.4 Å². The molecule has 1 amide bonds. The predicted molar refractivity (Wildman–Crippen MR) is 130 cm³/mol. The van der Waals surface area contributed by atoms with Gasteiger partial charge in [-0.3, -0.25) is 14.2 Å². The van der Waals surface area contributed by atoms with Gasteiger partial charge in [0.1, 0.15) is 0 Å². The van der Waals surface area contributed by atoms with Gasteiger partial charge in [0.25, 0.3) is 5.91 Å². The Bertz CT molecular complexity index is 1220. The van der Waals surface area contributed by atoms with Crippen molar-refractivity contribution >= 4 is 34.1 Å². The summed E-state index contributed by atoms with van der Waals surface area (Å²) in [6, 6.07) is 14.7. The van der Waals surface area contributed by atoms with Crippen molar-refractivity contribution in [3.05, 3.63) is 72.1 Å². The number of carbonyl (C=O) groups is 2. The number of nitrogen functional groups attached to an aromatic ring is 1. The highest BCUT2D eigenvalue weighted by molar-refractivity contribution is 6.04. The molecule has 0 radical (unpaired) electrons. The molecule has 0 bridgehead atoms. The van der Waals surface area contributed by atoms with E-state index in [0.717, 1.165) is 16.5 Å². The quantitative estimate of drug-likeness (QED) is 0.343. The Hall–Kier alpha value is -3.62. The van der Waals surface area contributed by atoms with Crippen molar-refractivity contribution in [3.63, 3.8) is 0 Å². The summed E-state index contributed by atoms with van der Waals surface area (Å²) in [5.41, 5.74) is 8.65. The highest BCUT2D eigenvalue weighted by atomic mass is 16.7. The first-order chi connectivity index (χ1) is 16.5. The number of aliphatic hydroxyl groups excluding tert-OH is 1. The van der Waals surface area contributed by atoms with Crippen LogP contribution in [0.1, 0.15) is 42.5 Å². The Morgan fingerprint density at radius 2 is 1.94 bits per heavy atom. The molecule has 2 aromatic carbocycles. The van der Waals surface area contributed by atoms with Crippen LogP contribution in [-0.4, -0.2) is 41.0 Å². The van der Waals surface area contributed by atoms with Crippen LogP contribution in [-0.2, 0) is 14.3 Å². The Labute approximate surface area is 198 Å². The molecule has 34 heavy (non-hydrogen) atoms. The second kappa shape index (κ2) is 10.5. The first-order valence-electron chi connectivity index (χ1n) is 11.4. The highest BCUT2D eigenvalue weighted by Crippen LogP contribution is 2.37. The molecule has 1 aliphatic rings. The molecule has 1 aliphatic heterocycles. The lowest BCUT2D eigenvalue weighted by molar-refractivity contribution is -0.143. The van der Waals surface area contributed by atoms with Crippen molar-refractivity contribution in [2.24, 2.45) is 0 Å². The minimum Gasteiger partial charge on any atom is -0.459 e. The number of nitrogens with zero attached hydrogens (tertiary/aromatic N) is 1. The summed E-state index contributed by atoms with van der Waals surface area (Å²) in [5, 5.41) is 12.8. The maximum atomic E-state index is 13.1. The van der Waals surface area contributed by atoms with Crippen LogP contribution in [0.3, 0.4) is 0 Å². The number of nitrogens with one attached hydrogen (secondary N) is 1. The summed E-state index contributed by atoms with van der Waals surface area (Å²) < 4.78 is 13.4. The summed E-state index contributed by atoms with van der Waals surface area (Å²) in [6.45, 7) is 2.01. The van der Waals surface area contributed by atoms with Gasteiger partial charge >= 0.3 is 0 Å². The molecule has 0 saturated heterocycles.